The lowest BCUT2D eigenvalue weighted by atomic mass is 9.88. The van der Waals surface area contributed by atoms with E-state index in [1.54, 1.807) is 0 Å². The van der Waals surface area contributed by atoms with Gasteiger partial charge in [-0.05, 0) is 48.2 Å². The van der Waals surface area contributed by atoms with Crippen LogP contribution in [0.4, 0.5) is 0 Å². The molecule has 0 aliphatic rings. The summed E-state index contributed by atoms with van der Waals surface area (Å²) in [4.78, 5) is 0. The van der Waals surface area contributed by atoms with Gasteiger partial charge in [0.05, 0.1) is 0 Å². The van der Waals surface area contributed by atoms with Gasteiger partial charge in [-0.15, -0.1) is 0 Å². The van der Waals surface area contributed by atoms with Crippen LogP contribution in [-0.2, 0) is 0 Å². The van der Waals surface area contributed by atoms with Crippen molar-refractivity contribution in [3.63, 3.8) is 0 Å². The second kappa shape index (κ2) is 11.3. The summed E-state index contributed by atoms with van der Waals surface area (Å²) in [6, 6.07) is 43.5. The lowest BCUT2D eigenvalue weighted by Crippen LogP contribution is -2.21. The predicted molar refractivity (Wildman–Crippen MR) is 132 cm³/mol. The number of rotatable bonds is 10. The third-order valence-corrected chi connectivity index (χ3v) is 6.03. The second-order valence-corrected chi connectivity index (χ2v) is 8.08. The van der Waals surface area contributed by atoms with Crippen LogP contribution in [-0.4, -0.2) is 13.1 Å². The Morgan fingerprint density at radius 3 is 0.903 bits per heavy atom. The lowest BCUT2D eigenvalue weighted by molar-refractivity contribution is 0.575. The third-order valence-electron chi connectivity index (χ3n) is 6.03. The zero-order valence-electron chi connectivity index (χ0n) is 18.0. The molecule has 0 fully saturated rings. The van der Waals surface area contributed by atoms with Crippen molar-refractivity contribution in [2.45, 2.75) is 24.7 Å². The Labute approximate surface area is 186 Å². The molecule has 1 heteroatoms. The van der Waals surface area contributed by atoms with Gasteiger partial charge in [-0.1, -0.05) is 121 Å². The van der Waals surface area contributed by atoms with Gasteiger partial charge in [-0.2, -0.15) is 0 Å². The topological polar surface area (TPSA) is 12.0 Å². The molecule has 4 rings (SSSR count). The minimum atomic E-state index is 0.425. The van der Waals surface area contributed by atoms with Crippen LogP contribution < -0.4 is 5.32 Å². The predicted octanol–water partition coefficient (Wildman–Crippen LogP) is 7.02. The standard InChI is InChI=1S/C30H31N/c1-5-13-25(14-6-1)29(26-15-7-2-8-16-26)21-23-31-24-22-30(27-17-9-3-10-18-27)28-19-11-4-12-20-28/h1-20,29-31H,21-24H2. The molecule has 156 valence electrons. The van der Waals surface area contributed by atoms with E-state index in [-0.39, 0.29) is 0 Å². The molecule has 0 saturated heterocycles. The third kappa shape index (κ3) is 5.93. The van der Waals surface area contributed by atoms with Crippen LogP contribution in [0, 0.1) is 0 Å². The molecule has 0 amide bonds. The van der Waals surface area contributed by atoms with Crippen LogP contribution >= 0.6 is 0 Å². The molecule has 1 N–H and O–H groups in total. The zero-order valence-corrected chi connectivity index (χ0v) is 18.0. The number of hydrogen-bond donors (Lipinski definition) is 1. The summed E-state index contributed by atoms with van der Waals surface area (Å²) in [7, 11) is 0. The van der Waals surface area contributed by atoms with Gasteiger partial charge in [0.15, 0.2) is 0 Å². The molecule has 0 aromatic heterocycles. The summed E-state index contributed by atoms with van der Waals surface area (Å²) in [5, 5.41) is 3.73. The summed E-state index contributed by atoms with van der Waals surface area (Å²) in [6.07, 6.45) is 2.19. The highest BCUT2D eigenvalue weighted by Crippen LogP contribution is 2.29. The van der Waals surface area contributed by atoms with Crippen molar-refractivity contribution in [2.24, 2.45) is 0 Å². The largest absolute Gasteiger partial charge is 0.317 e. The van der Waals surface area contributed by atoms with E-state index in [0.29, 0.717) is 11.8 Å². The van der Waals surface area contributed by atoms with Gasteiger partial charge in [0, 0.05) is 11.8 Å². The maximum absolute atomic E-state index is 3.73. The molecular weight excluding hydrogens is 374 g/mol. The van der Waals surface area contributed by atoms with Gasteiger partial charge in [0.1, 0.15) is 0 Å². The smallest absolute Gasteiger partial charge is 0.0101 e. The van der Waals surface area contributed by atoms with Crippen LogP contribution in [0.25, 0.3) is 0 Å². The van der Waals surface area contributed by atoms with Crippen LogP contribution in [0.15, 0.2) is 121 Å². The first-order chi connectivity index (χ1) is 15.4. The van der Waals surface area contributed by atoms with Crippen LogP contribution in [0.3, 0.4) is 0 Å². The van der Waals surface area contributed by atoms with E-state index in [9.17, 15) is 0 Å². The molecule has 4 aromatic carbocycles. The zero-order chi connectivity index (χ0) is 21.1. The average molecular weight is 406 g/mol. The maximum atomic E-state index is 3.73. The summed E-state index contributed by atoms with van der Waals surface area (Å²) in [5.74, 6) is 0.850. The molecular formula is C30H31N. The first-order valence-electron chi connectivity index (χ1n) is 11.3. The molecule has 0 aliphatic heterocycles. The van der Waals surface area contributed by atoms with Gasteiger partial charge in [0.25, 0.3) is 0 Å². The van der Waals surface area contributed by atoms with Crippen molar-refractivity contribution in [3.8, 4) is 0 Å². The molecule has 0 unspecified atom stereocenters. The quantitative estimate of drug-likeness (QED) is 0.280. The molecule has 4 aromatic rings. The molecule has 0 bridgehead atoms. The van der Waals surface area contributed by atoms with Crippen molar-refractivity contribution in [1.82, 2.24) is 5.32 Å². The molecule has 0 saturated carbocycles. The Bertz CT molecular complexity index is 833. The highest BCUT2D eigenvalue weighted by molar-refractivity contribution is 5.33. The Kier molecular flexibility index (Phi) is 7.68. The summed E-state index contributed by atoms with van der Waals surface area (Å²) < 4.78 is 0. The van der Waals surface area contributed by atoms with E-state index in [1.807, 2.05) is 0 Å². The van der Waals surface area contributed by atoms with Gasteiger partial charge in [-0.25, -0.2) is 0 Å². The fraction of sp³-hybridized carbons (Fsp3) is 0.200. The molecule has 0 heterocycles. The fourth-order valence-corrected chi connectivity index (χ4v) is 4.41. The van der Waals surface area contributed by atoms with E-state index in [4.69, 9.17) is 0 Å². The first-order valence-corrected chi connectivity index (χ1v) is 11.3. The fourth-order valence-electron chi connectivity index (χ4n) is 4.41. The van der Waals surface area contributed by atoms with Crippen LogP contribution in [0.5, 0.6) is 0 Å². The summed E-state index contributed by atoms with van der Waals surface area (Å²) in [6.45, 7) is 2.01. The lowest BCUT2D eigenvalue weighted by Gasteiger charge is -2.20. The minimum absolute atomic E-state index is 0.425. The normalized spacial score (nSPS) is 11.2. The van der Waals surface area contributed by atoms with Gasteiger partial charge in [0.2, 0.25) is 0 Å². The van der Waals surface area contributed by atoms with Crippen molar-refractivity contribution in [2.75, 3.05) is 13.1 Å². The molecule has 1 nitrogen and oxygen atoms in total. The second-order valence-electron chi connectivity index (χ2n) is 8.08. The molecule has 0 atom stereocenters. The molecule has 0 radical (unpaired) electrons. The van der Waals surface area contributed by atoms with E-state index >= 15 is 0 Å². The van der Waals surface area contributed by atoms with Crippen molar-refractivity contribution < 1.29 is 0 Å². The maximum Gasteiger partial charge on any atom is 0.0101 e. The SMILES string of the molecule is c1ccc(C(CCNCCC(c2ccccc2)c2ccccc2)c2ccccc2)cc1. The summed E-state index contributed by atoms with van der Waals surface area (Å²) >= 11 is 0. The van der Waals surface area contributed by atoms with Gasteiger partial charge in [-0.3, -0.25) is 0 Å². The minimum Gasteiger partial charge on any atom is -0.317 e. The van der Waals surface area contributed by atoms with E-state index in [1.165, 1.54) is 22.3 Å². The highest BCUT2D eigenvalue weighted by atomic mass is 14.8. The van der Waals surface area contributed by atoms with Crippen LogP contribution in [0.2, 0.25) is 0 Å². The number of hydrogen-bond acceptors (Lipinski definition) is 1. The van der Waals surface area contributed by atoms with Gasteiger partial charge >= 0.3 is 0 Å². The molecule has 0 aliphatic carbocycles. The Morgan fingerprint density at radius 1 is 0.387 bits per heavy atom. The molecule has 31 heavy (non-hydrogen) atoms. The Hall–Kier alpha value is -3.16. The first kappa shape index (κ1) is 21.1. The van der Waals surface area contributed by atoms with Crippen molar-refractivity contribution in [1.29, 1.82) is 0 Å². The molecule has 0 spiro atoms. The van der Waals surface area contributed by atoms with E-state index < -0.39 is 0 Å². The summed E-state index contributed by atoms with van der Waals surface area (Å²) in [5.41, 5.74) is 5.56. The van der Waals surface area contributed by atoms with Crippen molar-refractivity contribution in [3.05, 3.63) is 144 Å². The average Bonchev–Trinajstić information content (AvgIpc) is 2.86. The van der Waals surface area contributed by atoms with E-state index in [2.05, 4.69) is 127 Å². The Morgan fingerprint density at radius 2 is 0.645 bits per heavy atom. The Balaban J connectivity index is 1.37. The monoisotopic (exact) mass is 405 g/mol. The van der Waals surface area contributed by atoms with Gasteiger partial charge < -0.3 is 5.32 Å². The van der Waals surface area contributed by atoms with Crippen molar-refractivity contribution >= 4 is 0 Å². The van der Waals surface area contributed by atoms with Crippen LogP contribution in [0.1, 0.15) is 46.9 Å². The number of nitrogens with one attached hydrogen (secondary N) is 1. The van der Waals surface area contributed by atoms with E-state index in [0.717, 1.165) is 25.9 Å². The number of benzene rings is 4. The highest BCUT2D eigenvalue weighted by Gasteiger charge is 2.15.